The molecule has 0 unspecified atom stereocenters. The van der Waals surface area contributed by atoms with Gasteiger partial charge in [0.15, 0.2) is 0 Å². The molecule has 0 atom stereocenters. The molecule has 1 aromatic carbocycles. The number of likely N-dealkylation sites (N-methyl/N-ethyl adjacent to an activating group) is 1. The van der Waals surface area contributed by atoms with Gasteiger partial charge in [-0.2, -0.15) is 0 Å². The molecular weight excluding hydrogens is 254 g/mol. The number of carbonyl (C=O) groups is 1. The Kier molecular flexibility index (Phi) is 5.52. The molecule has 0 aromatic heterocycles. The van der Waals surface area contributed by atoms with Crippen LogP contribution in [0.1, 0.15) is 10.4 Å². The highest BCUT2D eigenvalue weighted by Gasteiger charge is 2.18. The van der Waals surface area contributed by atoms with E-state index < -0.39 is 0 Å². The molecule has 1 amide bonds. The zero-order chi connectivity index (χ0) is 14.4. The van der Waals surface area contributed by atoms with E-state index in [1.165, 1.54) is 5.06 Å². The molecule has 1 saturated heterocycles. The first kappa shape index (κ1) is 15.0. The van der Waals surface area contributed by atoms with E-state index in [9.17, 15) is 4.79 Å². The highest BCUT2D eigenvalue weighted by Crippen LogP contribution is 2.06. The lowest BCUT2D eigenvalue weighted by Crippen LogP contribution is -2.47. The molecule has 5 heteroatoms. The average Bonchev–Trinajstić information content (AvgIpc) is 2.50. The van der Waals surface area contributed by atoms with Crippen molar-refractivity contribution in [2.45, 2.75) is 0 Å². The van der Waals surface area contributed by atoms with Crippen LogP contribution < -0.4 is 0 Å². The maximum absolute atomic E-state index is 12.3. The molecule has 1 aliphatic heterocycles. The maximum atomic E-state index is 12.3. The van der Waals surface area contributed by atoms with Crippen LogP contribution in [-0.4, -0.2) is 74.2 Å². The van der Waals surface area contributed by atoms with Gasteiger partial charge in [-0.1, -0.05) is 18.2 Å². The molecule has 1 fully saturated rings. The van der Waals surface area contributed by atoms with Crippen molar-refractivity contribution in [1.82, 2.24) is 14.9 Å². The second kappa shape index (κ2) is 7.38. The van der Waals surface area contributed by atoms with E-state index >= 15 is 0 Å². The summed E-state index contributed by atoms with van der Waals surface area (Å²) in [5, 5.41) is 1.44. The van der Waals surface area contributed by atoms with Crippen LogP contribution in [0.15, 0.2) is 30.3 Å². The summed E-state index contributed by atoms with van der Waals surface area (Å²) < 4.78 is 0. The van der Waals surface area contributed by atoms with E-state index in [0.29, 0.717) is 12.1 Å². The number of piperazine rings is 1. The molecule has 0 aliphatic carbocycles. The molecule has 5 nitrogen and oxygen atoms in total. The number of amides is 1. The lowest BCUT2D eigenvalue weighted by atomic mass is 10.2. The molecule has 1 heterocycles. The molecule has 1 aliphatic rings. The molecule has 2 rings (SSSR count). The molecule has 0 spiro atoms. The van der Waals surface area contributed by atoms with E-state index in [2.05, 4.69) is 16.8 Å². The van der Waals surface area contributed by atoms with Crippen LogP contribution in [0.2, 0.25) is 0 Å². The number of benzene rings is 1. The van der Waals surface area contributed by atoms with Crippen molar-refractivity contribution in [2.24, 2.45) is 0 Å². The van der Waals surface area contributed by atoms with Crippen molar-refractivity contribution >= 4 is 5.91 Å². The van der Waals surface area contributed by atoms with E-state index in [-0.39, 0.29) is 5.91 Å². The zero-order valence-corrected chi connectivity index (χ0v) is 12.3. The fourth-order valence-electron chi connectivity index (χ4n) is 2.30. The predicted molar refractivity (Wildman–Crippen MR) is 78.4 cm³/mol. The Bertz CT molecular complexity index is 416. The number of rotatable bonds is 5. The summed E-state index contributed by atoms with van der Waals surface area (Å²) in [6.07, 6.45) is 0. The van der Waals surface area contributed by atoms with Gasteiger partial charge in [0.1, 0.15) is 0 Å². The van der Waals surface area contributed by atoms with Crippen LogP contribution in [0, 0.1) is 0 Å². The molecular formula is C15H23N3O2. The number of nitrogens with zero attached hydrogens (tertiary/aromatic N) is 3. The minimum absolute atomic E-state index is 0.0813. The van der Waals surface area contributed by atoms with Gasteiger partial charge >= 0.3 is 0 Å². The van der Waals surface area contributed by atoms with Crippen molar-refractivity contribution < 1.29 is 9.63 Å². The molecule has 1 aromatic rings. The molecule has 0 radical (unpaired) electrons. The second-order valence-electron chi connectivity index (χ2n) is 5.10. The minimum Gasteiger partial charge on any atom is -0.304 e. The fraction of sp³-hybridized carbons (Fsp3) is 0.533. The van der Waals surface area contributed by atoms with Gasteiger partial charge in [-0.05, 0) is 19.2 Å². The second-order valence-corrected chi connectivity index (χ2v) is 5.10. The third-order valence-corrected chi connectivity index (χ3v) is 3.68. The van der Waals surface area contributed by atoms with E-state index in [0.717, 1.165) is 32.7 Å². The van der Waals surface area contributed by atoms with Crippen molar-refractivity contribution in [1.29, 1.82) is 0 Å². The molecule has 20 heavy (non-hydrogen) atoms. The van der Waals surface area contributed by atoms with Gasteiger partial charge in [-0.3, -0.25) is 14.5 Å². The molecule has 110 valence electrons. The third kappa shape index (κ3) is 4.03. The maximum Gasteiger partial charge on any atom is 0.277 e. The van der Waals surface area contributed by atoms with Crippen molar-refractivity contribution in [2.75, 3.05) is 53.4 Å². The minimum atomic E-state index is -0.0813. The highest BCUT2D eigenvalue weighted by molar-refractivity contribution is 5.93. The fourth-order valence-corrected chi connectivity index (χ4v) is 2.30. The van der Waals surface area contributed by atoms with Gasteiger partial charge in [-0.15, -0.1) is 0 Å². The van der Waals surface area contributed by atoms with Crippen LogP contribution in [0.5, 0.6) is 0 Å². The summed E-state index contributed by atoms with van der Waals surface area (Å²) in [4.78, 5) is 22.2. The van der Waals surface area contributed by atoms with Gasteiger partial charge in [0.2, 0.25) is 0 Å². The average molecular weight is 277 g/mol. The highest BCUT2D eigenvalue weighted by atomic mass is 16.7. The predicted octanol–water partition coefficient (Wildman–Crippen LogP) is 0.938. The number of hydroxylamine groups is 2. The van der Waals surface area contributed by atoms with E-state index in [4.69, 9.17) is 4.84 Å². The summed E-state index contributed by atoms with van der Waals surface area (Å²) in [5.74, 6) is -0.0813. The number of hydrogen-bond donors (Lipinski definition) is 0. The van der Waals surface area contributed by atoms with Gasteiger partial charge < -0.3 is 4.90 Å². The summed E-state index contributed by atoms with van der Waals surface area (Å²) in [5.41, 5.74) is 0.660. The number of hydrogen-bond acceptors (Lipinski definition) is 4. The van der Waals surface area contributed by atoms with Crippen LogP contribution in [0.4, 0.5) is 0 Å². The largest absolute Gasteiger partial charge is 0.304 e. The van der Waals surface area contributed by atoms with Crippen molar-refractivity contribution in [3.8, 4) is 0 Å². The summed E-state index contributed by atoms with van der Waals surface area (Å²) in [6, 6.07) is 9.25. The summed E-state index contributed by atoms with van der Waals surface area (Å²) in [6.45, 7) is 5.70. The Labute approximate surface area is 120 Å². The summed E-state index contributed by atoms with van der Waals surface area (Å²) in [7, 11) is 3.68. The Morgan fingerprint density at radius 3 is 2.45 bits per heavy atom. The van der Waals surface area contributed by atoms with Gasteiger partial charge in [-0.25, -0.2) is 5.06 Å². The van der Waals surface area contributed by atoms with Gasteiger partial charge in [0.25, 0.3) is 5.91 Å². The topological polar surface area (TPSA) is 36.0 Å². The van der Waals surface area contributed by atoms with Gasteiger partial charge in [0, 0.05) is 38.3 Å². The molecule has 0 saturated carbocycles. The van der Waals surface area contributed by atoms with Crippen molar-refractivity contribution in [3.63, 3.8) is 0 Å². The van der Waals surface area contributed by atoms with Crippen LogP contribution in [0.25, 0.3) is 0 Å². The monoisotopic (exact) mass is 277 g/mol. The number of carbonyl (C=O) groups excluding carboxylic acids is 1. The smallest absolute Gasteiger partial charge is 0.277 e. The Hall–Kier alpha value is -1.43. The normalized spacial score (nSPS) is 17.1. The van der Waals surface area contributed by atoms with Gasteiger partial charge in [0.05, 0.1) is 13.7 Å². The zero-order valence-electron chi connectivity index (χ0n) is 12.3. The van der Waals surface area contributed by atoms with E-state index in [1.807, 2.05) is 30.3 Å². The first-order chi connectivity index (χ1) is 9.70. The van der Waals surface area contributed by atoms with Crippen LogP contribution in [-0.2, 0) is 4.84 Å². The standard InChI is InChI=1S/C15H23N3O2/c1-16-8-10-17(11-9-16)12-13-18(20-2)15(19)14-6-4-3-5-7-14/h3-7H,8-13H2,1-2H3. The lowest BCUT2D eigenvalue weighted by Gasteiger charge is -2.33. The van der Waals surface area contributed by atoms with E-state index in [1.54, 1.807) is 7.11 Å². The Morgan fingerprint density at radius 1 is 1.20 bits per heavy atom. The van der Waals surface area contributed by atoms with Crippen LogP contribution >= 0.6 is 0 Å². The Morgan fingerprint density at radius 2 is 1.85 bits per heavy atom. The lowest BCUT2D eigenvalue weighted by molar-refractivity contribution is -0.0988. The molecule has 0 N–H and O–H groups in total. The SMILES string of the molecule is CON(CCN1CCN(C)CC1)C(=O)c1ccccc1. The van der Waals surface area contributed by atoms with Crippen LogP contribution in [0.3, 0.4) is 0 Å². The first-order valence-electron chi connectivity index (χ1n) is 7.02. The van der Waals surface area contributed by atoms with Crippen molar-refractivity contribution in [3.05, 3.63) is 35.9 Å². The Balaban J connectivity index is 1.85. The first-order valence-corrected chi connectivity index (χ1v) is 7.02. The quantitative estimate of drug-likeness (QED) is 0.751. The molecule has 0 bridgehead atoms. The third-order valence-electron chi connectivity index (χ3n) is 3.68. The summed E-state index contributed by atoms with van der Waals surface area (Å²) >= 11 is 0.